The van der Waals surface area contributed by atoms with Gasteiger partial charge in [-0.15, -0.1) is 0 Å². The van der Waals surface area contributed by atoms with Crippen molar-refractivity contribution in [2.45, 2.75) is 23.7 Å². The van der Waals surface area contributed by atoms with E-state index < -0.39 is 15.9 Å². The van der Waals surface area contributed by atoms with Crippen LogP contribution in [0.1, 0.15) is 12.5 Å². The fraction of sp³-hybridized carbons (Fsp3) is 0.235. The Kier molecular flexibility index (Phi) is 5.52. The van der Waals surface area contributed by atoms with E-state index in [0.29, 0.717) is 11.3 Å². The Bertz CT molecular complexity index is 772. The highest BCUT2D eigenvalue weighted by atomic mass is 32.2. The first kappa shape index (κ1) is 17.2. The second-order valence-electron chi connectivity index (χ2n) is 5.10. The van der Waals surface area contributed by atoms with Gasteiger partial charge in [0.05, 0.1) is 10.6 Å². The Morgan fingerprint density at radius 1 is 1.09 bits per heavy atom. The van der Waals surface area contributed by atoms with Crippen molar-refractivity contribution in [3.8, 4) is 0 Å². The maximum absolute atomic E-state index is 12.5. The maximum atomic E-state index is 12.5. The minimum Gasteiger partial charge on any atom is -0.372 e. The molecule has 0 bridgehead atoms. The van der Waals surface area contributed by atoms with Gasteiger partial charge in [-0.05, 0) is 30.7 Å². The minimum atomic E-state index is -3.48. The van der Waals surface area contributed by atoms with E-state index in [9.17, 15) is 13.2 Å². The quantitative estimate of drug-likeness (QED) is 0.882. The molecule has 6 heteroatoms. The van der Waals surface area contributed by atoms with Crippen LogP contribution in [0.15, 0.2) is 59.5 Å². The first-order chi connectivity index (χ1) is 10.9. The van der Waals surface area contributed by atoms with E-state index in [1.165, 1.54) is 7.11 Å². The molecule has 2 aromatic rings. The molecule has 23 heavy (non-hydrogen) atoms. The van der Waals surface area contributed by atoms with Crippen molar-refractivity contribution in [1.82, 2.24) is 0 Å². The lowest BCUT2D eigenvalue weighted by Crippen LogP contribution is -2.27. The van der Waals surface area contributed by atoms with Crippen molar-refractivity contribution in [2.75, 3.05) is 12.4 Å². The van der Waals surface area contributed by atoms with Crippen molar-refractivity contribution in [3.05, 3.63) is 60.2 Å². The van der Waals surface area contributed by atoms with E-state index in [0.717, 1.165) is 0 Å². The van der Waals surface area contributed by atoms with Gasteiger partial charge in [-0.1, -0.05) is 36.4 Å². The van der Waals surface area contributed by atoms with Crippen LogP contribution in [0.4, 0.5) is 5.69 Å². The lowest BCUT2D eigenvalue weighted by atomic mass is 10.2. The van der Waals surface area contributed by atoms with Crippen molar-refractivity contribution in [2.24, 2.45) is 0 Å². The largest absolute Gasteiger partial charge is 0.372 e. The van der Waals surface area contributed by atoms with Gasteiger partial charge in [0.15, 0.2) is 9.84 Å². The zero-order valence-electron chi connectivity index (χ0n) is 13.0. The number of nitrogens with one attached hydrogen (secondary N) is 1. The number of anilines is 1. The van der Waals surface area contributed by atoms with Crippen molar-refractivity contribution < 1.29 is 17.9 Å². The van der Waals surface area contributed by atoms with Gasteiger partial charge in [-0.25, -0.2) is 8.42 Å². The molecule has 122 valence electrons. The van der Waals surface area contributed by atoms with Crippen LogP contribution in [0, 0.1) is 0 Å². The molecule has 0 aliphatic carbocycles. The first-order valence-corrected chi connectivity index (χ1v) is 8.78. The van der Waals surface area contributed by atoms with E-state index in [-0.39, 0.29) is 16.6 Å². The number of ether oxygens (including phenoxy) is 1. The molecule has 5 nitrogen and oxygen atoms in total. The number of carbonyl (C=O) groups is 1. The topological polar surface area (TPSA) is 72.5 Å². The summed E-state index contributed by atoms with van der Waals surface area (Å²) in [5.41, 5.74) is 1.01. The fourth-order valence-electron chi connectivity index (χ4n) is 2.03. The van der Waals surface area contributed by atoms with Gasteiger partial charge in [0.1, 0.15) is 6.10 Å². The van der Waals surface area contributed by atoms with Gasteiger partial charge in [-0.3, -0.25) is 4.79 Å². The van der Waals surface area contributed by atoms with E-state index in [1.54, 1.807) is 61.5 Å². The molecule has 0 radical (unpaired) electrons. The monoisotopic (exact) mass is 333 g/mol. The smallest absolute Gasteiger partial charge is 0.253 e. The molecule has 1 atom stereocenters. The second-order valence-corrected chi connectivity index (χ2v) is 7.09. The van der Waals surface area contributed by atoms with Gasteiger partial charge in [-0.2, -0.15) is 0 Å². The van der Waals surface area contributed by atoms with E-state index in [4.69, 9.17) is 4.74 Å². The number of amides is 1. The first-order valence-electron chi connectivity index (χ1n) is 7.13. The summed E-state index contributed by atoms with van der Waals surface area (Å²) in [6.07, 6.45) is -0.617. The van der Waals surface area contributed by atoms with Gasteiger partial charge in [0.2, 0.25) is 0 Å². The van der Waals surface area contributed by atoms with Crippen molar-refractivity contribution >= 4 is 21.4 Å². The number of benzene rings is 2. The Morgan fingerprint density at radius 2 is 1.70 bits per heavy atom. The molecule has 1 amide bonds. The Hall–Kier alpha value is -2.18. The summed E-state index contributed by atoms with van der Waals surface area (Å²) in [5.74, 6) is -0.508. The summed E-state index contributed by atoms with van der Waals surface area (Å²) in [6, 6.07) is 15.1. The van der Waals surface area contributed by atoms with Crippen LogP contribution in [-0.4, -0.2) is 27.5 Å². The summed E-state index contributed by atoms with van der Waals surface area (Å²) in [7, 11) is -2.04. The number of hydrogen-bond donors (Lipinski definition) is 1. The van der Waals surface area contributed by atoms with Crippen LogP contribution in [0.2, 0.25) is 0 Å². The van der Waals surface area contributed by atoms with Gasteiger partial charge in [0.25, 0.3) is 5.91 Å². The fourth-order valence-corrected chi connectivity index (χ4v) is 3.43. The Balaban J connectivity index is 2.26. The third-order valence-corrected chi connectivity index (χ3v) is 5.13. The summed E-state index contributed by atoms with van der Waals surface area (Å²) in [5, 5.41) is 2.71. The lowest BCUT2D eigenvalue weighted by molar-refractivity contribution is -0.124. The Labute approximate surface area is 136 Å². The van der Waals surface area contributed by atoms with Crippen molar-refractivity contribution in [3.63, 3.8) is 0 Å². The minimum absolute atomic E-state index is 0.186. The van der Waals surface area contributed by atoms with E-state index in [2.05, 4.69) is 5.32 Å². The number of carbonyl (C=O) groups excluding carboxylic acids is 1. The van der Waals surface area contributed by atoms with E-state index >= 15 is 0 Å². The molecule has 2 aromatic carbocycles. The molecular formula is C17H19NO4S. The molecule has 0 heterocycles. The predicted molar refractivity (Wildman–Crippen MR) is 88.9 cm³/mol. The SMILES string of the molecule is CO[C@H](C)C(=O)Nc1ccccc1CS(=O)(=O)c1ccccc1. The highest BCUT2D eigenvalue weighted by molar-refractivity contribution is 7.90. The molecule has 0 saturated carbocycles. The van der Waals surface area contributed by atoms with Crippen LogP contribution in [0.25, 0.3) is 0 Å². The van der Waals surface area contributed by atoms with Crippen LogP contribution in [0.5, 0.6) is 0 Å². The highest BCUT2D eigenvalue weighted by Crippen LogP contribution is 2.22. The molecule has 0 fully saturated rings. The predicted octanol–water partition coefficient (Wildman–Crippen LogP) is 2.63. The molecule has 0 saturated heterocycles. The van der Waals surface area contributed by atoms with Crippen LogP contribution >= 0.6 is 0 Å². The summed E-state index contributed by atoms with van der Waals surface area (Å²) < 4.78 is 29.9. The molecule has 0 unspecified atom stereocenters. The van der Waals surface area contributed by atoms with Crippen LogP contribution in [0.3, 0.4) is 0 Å². The maximum Gasteiger partial charge on any atom is 0.253 e. The molecule has 0 spiro atoms. The summed E-state index contributed by atoms with van der Waals surface area (Å²) in [4.78, 5) is 12.2. The zero-order chi connectivity index (χ0) is 16.9. The number of hydrogen-bond acceptors (Lipinski definition) is 4. The van der Waals surface area contributed by atoms with Gasteiger partial charge < -0.3 is 10.1 Å². The van der Waals surface area contributed by atoms with Gasteiger partial charge in [0, 0.05) is 12.8 Å². The molecular weight excluding hydrogens is 314 g/mol. The molecule has 0 aliphatic rings. The molecule has 2 rings (SSSR count). The third-order valence-electron chi connectivity index (χ3n) is 3.45. The number of rotatable bonds is 6. The lowest BCUT2D eigenvalue weighted by Gasteiger charge is -2.14. The number of methoxy groups -OCH3 is 1. The third kappa shape index (κ3) is 4.40. The summed E-state index contributed by atoms with van der Waals surface area (Å²) in [6.45, 7) is 1.62. The van der Waals surface area contributed by atoms with Gasteiger partial charge >= 0.3 is 0 Å². The van der Waals surface area contributed by atoms with Crippen molar-refractivity contribution in [1.29, 1.82) is 0 Å². The average molecular weight is 333 g/mol. The highest BCUT2D eigenvalue weighted by Gasteiger charge is 2.19. The van der Waals surface area contributed by atoms with Crippen LogP contribution in [-0.2, 0) is 25.1 Å². The average Bonchev–Trinajstić information content (AvgIpc) is 2.56. The Morgan fingerprint density at radius 3 is 2.35 bits per heavy atom. The zero-order valence-corrected chi connectivity index (χ0v) is 13.8. The van der Waals surface area contributed by atoms with E-state index in [1.807, 2.05) is 0 Å². The molecule has 0 aromatic heterocycles. The number of para-hydroxylation sites is 1. The number of sulfone groups is 1. The van der Waals surface area contributed by atoms with Crippen LogP contribution < -0.4 is 5.32 Å². The molecule has 1 N–H and O–H groups in total. The standard InChI is InChI=1S/C17H19NO4S/c1-13(22-2)17(19)18-16-11-7-6-8-14(16)12-23(20,21)15-9-4-3-5-10-15/h3-11,13H,12H2,1-2H3,(H,18,19)/t13-/m1/s1. The second kappa shape index (κ2) is 7.39. The molecule has 0 aliphatic heterocycles. The summed E-state index contributed by atoms with van der Waals surface area (Å²) >= 11 is 0. The normalized spacial score (nSPS) is 12.6.